The number of aromatic hydroxyl groups is 1. The zero-order valence-electron chi connectivity index (χ0n) is 86.8. The van der Waals surface area contributed by atoms with E-state index in [4.69, 9.17) is 33.2 Å². The van der Waals surface area contributed by atoms with Crippen molar-refractivity contribution in [2.24, 2.45) is 5.92 Å². The van der Waals surface area contributed by atoms with E-state index in [1.807, 2.05) is 129 Å². The molecule has 1 fully saturated rings. The van der Waals surface area contributed by atoms with Crippen LogP contribution in [0, 0.1) is 26.7 Å². The lowest BCUT2D eigenvalue weighted by Gasteiger charge is -2.30. The van der Waals surface area contributed by atoms with Gasteiger partial charge in [-0.3, -0.25) is 28.8 Å². The molecule has 7 aliphatic carbocycles. The number of phenolic OH excluding ortho intramolecular Hbond substituents is 1. The quantitative estimate of drug-likeness (QED) is 0.0153. The highest BCUT2D eigenvalue weighted by Crippen LogP contribution is 2.47. The van der Waals surface area contributed by atoms with Crippen molar-refractivity contribution in [3.05, 3.63) is 256 Å². The van der Waals surface area contributed by atoms with Crippen molar-refractivity contribution in [1.82, 2.24) is 42.1 Å². The molecule has 8 aromatic rings. The van der Waals surface area contributed by atoms with Crippen molar-refractivity contribution >= 4 is 69.1 Å². The normalized spacial score (nSPS) is 17.4. The highest BCUT2D eigenvalue weighted by atomic mass is 79.9. The maximum absolute atomic E-state index is 12.6. The van der Waals surface area contributed by atoms with Gasteiger partial charge >= 0.3 is 48.4 Å². The van der Waals surface area contributed by atoms with E-state index in [1.54, 1.807) is 71.9 Å². The first-order valence-corrected chi connectivity index (χ1v) is 51.5. The first-order chi connectivity index (χ1) is 71.2. The van der Waals surface area contributed by atoms with Crippen LogP contribution in [0.3, 0.4) is 0 Å². The van der Waals surface area contributed by atoms with Crippen LogP contribution >= 0.6 is 15.9 Å². The van der Waals surface area contributed by atoms with Crippen LogP contribution in [0.4, 0.5) is 49.1 Å². The molecule has 0 bridgehead atoms. The highest BCUT2D eigenvalue weighted by molar-refractivity contribution is 9.10. The summed E-state index contributed by atoms with van der Waals surface area (Å²) < 4.78 is 152. The molecule has 0 aromatic heterocycles. The Balaban J connectivity index is 0.000000180. The van der Waals surface area contributed by atoms with Gasteiger partial charge < -0.3 is 85.1 Å². The minimum atomic E-state index is -4.85. The Morgan fingerprint density at radius 3 is 1.34 bits per heavy atom. The third-order valence-electron chi connectivity index (χ3n) is 28.5. The van der Waals surface area contributed by atoms with Gasteiger partial charge in [0, 0.05) is 71.7 Å². The summed E-state index contributed by atoms with van der Waals surface area (Å²) in [6, 6.07) is 44.2. The molecule has 8 amide bonds. The molecule has 6 atom stereocenters. The van der Waals surface area contributed by atoms with E-state index in [-0.39, 0.29) is 73.9 Å². The van der Waals surface area contributed by atoms with Crippen LogP contribution < -0.4 is 65.6 Å². The molecule has 0 saturated carbocycles. The Labute approximate surface area is 874 Å². The van der Waals surface area contributed by atoms with Gasteiger partial charge in [0.25, 0.3) is 0 Å². The third kappa shape index (κ3) is 34.5. The van der Waals surface area contributed by atoms with Crippen LogP contribution in [-0.2, 0) is 89.8 Å². The Morgan fingerprint density at radius 2 is 0.859 bits per heavy atom. The number of halogens is 10. The molecule has 8 aromatic carbocycles. The molecule has 0 spiro atoms. The van der Waals surface area contributed by atoms with Gasteiger partial charge in [-0.25, -0.2) is 9.59 Å². The molecule has 1 heterocycles. The predicted octanol–water partition coefficient (Wildman–Crippen LogP) is 21.5. The molecule has 1 saturated heterocycles. The molecule has 1 aliphatic heterocycles. The summed E-state index contributed by atoms with van der Waals surface area (Å²) in [5, 5.41) is 26.7. The third-order valence-corrected chi connectivity index (χ3v) is 29.2. The molecule has 25 nitrogen and oxygen atoms in total. The zero-order chi connectivity index (χ0) is 108. The van der Waals surface area contributed by atoms with Gasteiger partial charge in [-0.05, 0) is 393 Å². The average molecular weight is 2150 g/mol. The maximum atomic E-state index is 12.6. The number of amides is 8. The number of hydrogen-bond acceptors (Lipinski definition) is 17. The first kappa shape index (κ1) is 118. The fourth-order valence-corrected chi connectivity index (χ4v) is 21.7. The summed E-state index contributed by atoms with van der Waals surface area (Å²) in [6.45, 7) is 13.3. The topological polar surface area (TPSA) is 318 Å². The van der Waals surface area contributed by atoms with Crippen LogP contribution in [0.25, 0.3) is 5.57 Å². The number of carbonyl (C=O) groups is 8. The van der Waals surface area contributed by atoms with Gasteiger partial charge in [0.2, 0.25) is 17.7 Å². The Bertz CT molecular complexity index is 5930. The predicted molar refractivity (Wildman–Crippen MR) is 556 cm³/mol. The second-order valence-electron chi connectivity index (χ2n) is 38.0. The minimum absolute atomic E-state index is 0.00800. The molecule has 8 aliphatic rings. The Hall–Kier alpha value is -13.0. The van der Waals surface area contributed by atoms with Crippen molar-refractivity contribution in [1.29, 1.82) is 0 Å². The van der Waals surface area contributed by atoms with E-state index in [0.29, 0.717) is 87.0 Å². The Kier molecular flexibility index (Phi) is 45.2. The SMILES string of the molecule is C/C=C/C(=O)NCCC1CCc2ccc(OC)cc21.CC(=O)NCCC1CCc2ccc(O)cc21.COC(=O)NCCC1CCc2ccc(OC)cc21.COc1c(C)cc2c(c1Br)/C(=C/CNC(=O)C(F)(F)F)CC2.COc1cc2c(cc1C)CCC2CCNC(=O)C(F)(F)F.COc1ccc2c(c1)C(CCNC(=O)C1CCN(C(=O)OCc3ccccc3)CC1)CC2.COc1ccc2c(c1C)C(CCNC(=O)C(F)(F)F)CC2. The summed E-state index contributed by atoms with van der Waals surface area (Å²) in [4.78, 5) is 92.1. The summed E-state index contributed by atoms with van der Waals surface area (Å²) in [5.74, 6) is 2.10. The largest absolute Gasteiger partial charge is 0.508 e. The highest BCUT2D eigenvalue weighted by Gasteiger charge is 2.42. The van der Waals surface area contributed by atoms with Gasteiger partial charge in [0.05, 0.1) is 54.2 Å². The number of alkyl carbamates (subject to hydrolysis) is 1. The number of fused-ring (bicyclic) bond motifs is 7. The van der Waals surface area contributed by atoms with E-state index < -0.39 is 36.3 Å². The summed E-state index contributed by atoms with van der Waals surface area (Å²) in [5.41, 5.74) is 22.7. The number of nitrogens with zero attached hydrogens (tertiary/aromatic N) is 1. The van der Waals surface area contributed by atoms with Crippen molar-refractivity contribution in [3.63, 3.8) is 0 Å². The number of ether oxygens (including phenoxy) is 8. The fraction of sp³-hybridized carbons (Fsp3) is 0.474. The van der Waals surface area contributed by atoms with Crippen molar-refractivity contribution in [3.8, 4) is 40.2 Å². The van der Waals surface area contributed by atoms with E-state index in [0.717, 1.165) is 206 Å². The molecule has 149 heavy (non-hydrogen) atoms. The van der Waals surface area contributed by atoms with Gasteiger partial charge in [0.1, 0.15) is 46.9 Å². The monoisotopic (exact) mass is 2140 g/mol. The van der Waals surface area contributed by atoms with Crippen LogP contribution in [0.5, 0.6) is 40.2 Å². The van der Waals surface area contributed by atoms with E-state index in [1.165, 1.54) is 76.1 Å². The van der Waals surface area contributed by atoms with Crippen LogP contribution in [0.2, 0.25) is 0 Å². The summed E-state index contributed by atoms with van der Waals surface area (Å²) in [6.07, 6.45) is 10.1. The Morgan fingerprint density at radius 1 is 0.430 bits per heavy atom. The minimum Gasteiger partial charge on any atom is -0.508 e. The number of likely N-dealkylation sites (tertiary alicyclic amines) is 1. The number of carbonyl (C=O) groups excluding carboxylic acids is 8. The molecule has 16 rings (SSSR count). The lowest BCUT2D eigenvalue weighted by Crippen LogP contribution is -2.43. The molecule has 6 unspecified atom stereocenters. The van der Waals surface area contributed by atoms with Crippen molar-refractivity contribution in [2.45, 2.75) is 237 Å². The van der Waals surface area contributed by atoms with Gasteiger partial charge in [-0.15, -0.1) is 0 Å². The number of aryl methyl sites for hydroxylation is 9. The van der Waals surface area contributed by atoms with Crippen LogP contribution in [0.1, 0.15) is 246 Å². The number of phenols is 1. The van der Waals surface area contributed by atoms with Crippen molar-refractivity contribution < 1.29 is 121 Å². The number of nitrogens with one attached hydrogen (secondary N) is 7. The maximum Gasteiger partial charge on any atom is 0.471 e. The van der Waals surface area contributed by atoms with E-state index in [9.17, 15) is 83.0 Å². The molecule has 0 radical (unpaired) electrons. The fourth-order valence-electron chi connectivity index (χ4n) is 20.7. The number of hydrogen-bond donors (Lipinski definition) is 8. The lowest BCUT2D eigenvalue weighted by atomic mass is 9.93. The molecular formula is C114H140BrF9N8O17. The van der Waals surface area contributed by atoms with Gasteiger partial charge in [-0.2, -0.15) is 39.5 Å². The van der Waals surface area contributed by atoms with Crippen molar-refractivity contribution in [2.75, 3.05) is 109 Å². The number of rotatable bonds is 30. The number of piperidine rings is 1. The van der Waals surface area contributed by atoms with Crippen LogP contribution in [-0.4, -0.2) is 185 Å². The molecule has 35 heteroatoms. The smallest absolute Gasteiger partial charge is 0.471 e. The second kappa shape index (κ2) is 57.2. The van der Waals surface area contributed by atoms with Crippen LogP contribution in [0.15, 0.2) is 156 Å². The number of alkyl halides is 9. The van der Waals surface area contributed by atoms with E-state index in [2.05, 4.69) is 84.4 Å². The lowest BCUT2D eigenvalue weighted by molar-refractivity contribution is -0.173. The number of benzene rings is 8. The second-order valence-corrected chi connectivity index (χ2v) is 38.8. The number of methoxy groups -OCH3 is 7. The van der Waals surface area contributed by atoms with Gasteiger partial charge in [-0.1, -0.05) is 84.9 Å². The average Bonchev–Trinajstić information content (AvgIpc) is 1.66. The molecular weight excluding hydrogens is 2000 g/mol. The zero-order valence-corrected chi connectivity index (χ0v) is 88.4. The number of allylic oxidation sites excluding steroid dienone is 2. The van der Waals surface area contributed by atoms with E-state index >= 15 is 0 Å². The standard InChI is InChI=1S/C26H32N2O4.C16H21NO2.C15H15BrF3NO2.2C15H18F3NO2.C14H19NO3.C13H17NO2/c1-31-23-10-9-20-7-8-21(24(20)17-23)11-14-27-25(29)22-12-15-28(16-13-22)26(30)32-18-19-5-3-2-4-6-19;1-3-4-16(18)17-10-9-13-6-5-12-7-8-14(19-2)11-15(12)13;1-8-7-10-4-3-9(11(10)12(16)13(8)22-2)5-6-20-14(21)15(17,18)19;1-9-7-11-4-3-10(12(11)8-13(9)21-2)5-6-19-14(20)15(16,17)18;1-9-12(21-2)6-5-10-3-4-11(13(9)10)7-8-19-14(20)15(16,17)18;1-17-12-6-5-10-3-4-11(13(10)9-12)7-8-15-14(16)18-2;1-9(15)14-7-6-11-3-2-10-4-5-12(16)8-13(10)11/h2-6,9-10,17,21-22H,7-8,11-16,18H2,1H3,(H,27,29);3-4,7-8,11,13H,5-6,9-10H2,1-2H3,(H,17,18);5,7H,3-4,6H2,1-2H3,(H,20,21);7-8,10H,3-6H2,1-2H3,(H,19,20);5-6,11H,3-4,7-8H2,1-2H3,(H,19,20);5-6,9,11H,3-4,7-8H2,1-2H3,(H,15,16);4-5,8,11,16H,2-3,6-7H2,1H3,(H,14,15)/b;4-3+;9-5+;;;;. The summed E-state index contributed by atoms with van der Waals surface area (Å²) >= 11 is 3.50. The summed E-state index contributed by atoms with van der Waals surface area (Å²) in [7, 11) is 11.2. The first-order valence-electron chi connectivity index (χ1n) is 50.7. The molecule has 808 valence electrons. The van der Waals surface area contributed by atoms with Gasteiger partial charge in [0.15, 0.2) is 0 Å². The molecule has 8 N–H and O–H groups in total.